The number of benzene rings is 1. The highest BCUT2D eigenvalue weighted by Crippen LogP contribution is 2.19. The van der Waals surface area contributed by atoms with Crippen molar-refractivity contribution in [2.45, 2.75) is 26.4 Å². The van der Waals surface area contributed by atoms with Crippen molar-refractivity contribution < 1.29 is 33.3 Å². The quantitative estimate of drug-likeness (QED) is 0.619. The van der Waals surface area contributed by atoms with E-state index in [9.17, 15) is 14.4 Å². The average molecular weight is 326 g/mol. The predicted molar refractivity (Wildman–Crippen MR) is 82.6 cm³/mol. The first-order valence-electron chi connectivity index (χ1n) is 6.66. The highest BCUT2D eigenvalue weighted by atomic mass is 16.5. The molecule has 0 saturated heterocycles. The van der Waals surface area contributed by atoms with Crippen LogP contribution in [0.15, 0.2) is 18.2 Å². The first-order chi connectivity index (χ1) is 10.7. The third-order valence-electron chi connectivity index (χ3n) is 2.60. The molecule has 0 amide bonds. The van der Waals surface area contributed by atoms with Gasteiger partial charge in [-0.1, -0.05) is 0 Å². The van der Waals surface area contributed by atoms with Gasteiger partial charge in [0.25, 0.3) is 6.47 Å². The van der Waals surface area contributed by atoms with Crippen LogP contribution in [0, 0.1) is 0 Å². The largest absolute Gasteiger partial charge is 0.465 e. The van der Waals surface area contributed by atoms with Crippen molar-refractivity contribution in [2.24, 2.45) is 0 Å². The number of ether oxygens (including phenoxy) is 4. The Morgan fingerprint density at radius 1 is 0.957 bits per heavy atom. The average Bonchev–Trinajstić information content (AvgIpc) is 2.53. The van der Waals surface area contributed by atoms with Gasteiger partial charge in [0.2, 0.25) is 0 Å². The molecule has 1 rings (SSSR count). The van der Waals surface area contributed by atoms with Gasteiger partial charge < -0.3 is 18.9 Å². The number of hydrogen-bond acceptors (Lipinski definition) is 7. The van der Waals surface area contributed by atoms with Gasteiger partial charge in [0.15, 0.2) is 0 Å². The van der Waals surface area contributed by atoms with Crippen LogP contribution >= 0.6 is 0 Å². The number of rotatable bonds is 4. The van der Waals surface area contributed by atoms with Crippen molar-refractivity contribution >= 4 is 18.4 Å². The smallest absolute Gasteiger partial charge is 0.338 e. The van der Waals surface area contributed by atoms with Crippen molar-refractivity contribution in [3.05, 3.63) is 29.3 Å². The Kier molecular flexibility index (Phi) is 8.57. The molecule has 0 aliphatic heterocycles. The zero-order chi connectivity index (χ0) is 18.0. The molecule has 0 unspecified atom stereocenters. The Hall–Kier alpha value is -2.41. The van der Waals surface area contributed by atoms with E-state index < -0.39 is 11.9 Å². The molecule has 0 spiro atoms. The van der Waals surface area contributed by atoms with Crippen LogP contribution in [-0.2, 0) is 19.0 Å². The van der Waals surface area contributed by atoms with Crippen LogP contribution in [0.5, 0.6) is 5.75 Å². The molecule has 7 heteroatoms. The van der Waals surface area contributed by atoms with Crippen LogP contribution in [0.4, 0.5) is 0 Å². The summed E-state index contributed by atoms with van der Waals surface area (Å²) in [6.07, 6.45) is 0. The predicted octanol–water partition coefficient (Wildman–Crippen LogP) is 2.23. The first-order valence-corrected chi connectivity index (χ1v) is 6.66. The minimum Gasteiger partial charge on any atom is -0.465 e. The summed E-state index contributed by atoms with van der Waals surface area (Å²) < 4.78 is 18.5. The fourth-order valence-electron chi connectivity index (χ4n) is 1.22. The Morgan fingerprint density at radius 2 is 1.43 bits per heavy atom. The molecule has 0 radical (unpaired) electrons. The van der Waals surface area contributed by atoms with Crippen LogP contribution in [0.3, 0.4) is 0 Å². The summed E-state index contributed by atoms with van der Waals surface area (Å²) in [6, 6.07) is 3.91. The minimum atomic E-state index is -0.721. The second-order valence-electron chi connectivity index (χ2n) is 5.22. The van der Waals surface area contributed by atoms with Crippen molar-refractivity contribution in [3.63, 3.8) is 0 Å². The molecule has 1 aromatic carbocycles. The number of carbonyl (C=O) groups excluding carboxylic acids is 3. The summed E-state index contributed by atoms with van der Waals surface area (Å²) >= 11 is 0. The molecule has 0 saturated carbocycles. The van der Waals surface area contributed by atoms with Crippen LogP contribution in [0.1, 0.15) is 41.5 Å². The molecular weight excluding hydrogens is 304 g/mol. The summed E-state index contributed by atoms with van der Waals surface area (Å²) in [6.45, 7) is 6.28. The van der Waals surface area contributed by atoms with Crippen molar-refractivity contribution in [3.8, 4) is 5.75 Å². The summed E-state index contributed by atoms with van der Waals surface area (Å²) in [5.74, 6) is -1.27. The zero-order valence-corrected chi connectivity index (χ0v) is 14.2. The van der Waals surface area contributed by atoms with Crippen LogP contribution in [-0.4, -0.2) is 45.3 Å². The van der Waals surface area contributed by atoms with Gasteiger partial charge >= 0.3 is 11.9 Å². The topological polar surface area (TPSA) is 88.1 Å². The molecule has 1 aromatic rings. The lowest BCUT2D eigenvalue weighted by molar-refractivity contribution is -0.120. The molecule has 0 aliphatic carbocycles. The lowest BCUT2D eigenvalue weighted by Crippen LogP contribution is -2.15. The second-order valence-corrected chi connectivity index (χ2v) is 5.22. The van der Waals surface area contributed by atoms with Crippen molar-refractivity contribution in [2.75, 3.05) is 21.3 Å². The SMILES string of the molecule is COC(=O)c1ccc(OC=O)cc1C(=O)OC.COC(C)(C)C. The maximum Gasteiger partial charge on any atom is 0.338 e. The van der Waals surface area contributed by atoms with Gasteiger partial charge in [0, 0.05) is 7.11 Å². The summed E-state index contributed by atoms with van der Waals surface area (Å²) in [5, 5.41) is 0. The summed E-state index contributed by atoms with van der Waals surface area (Å²) in [5.41, 5.74) is 0.0521. The molecule has 0 N–H and O–H groups in total. The Morgan fingerprint density at radius 3 is 1.83 bits per heavy atom. The Labute approximate surface area is 135 Å². The number of methoxy groups -OCH3 is 3. The second kappa shape index (κ2) is 9.58. The molecule has 0 heterocycles. The molecule has 0 bridgehead atoms. The minimum absolute atomic E-state index is 0.0290. The van der Waals surface area contributed by atoms with E-state index in [0.717, 1.165) is 0 Å². The zero-order valence-electron chi connectivity index (χ0n) is 14.2. The highest BCUT2D eigenvalue weighted by Gasteiger charge is 2.19. The fourth-order valence-corrected chi connectivity index (χ4v) is 1.22. The normalized spacial score (nSPS) is 10.0. The van der Waals surface area contributed by atoms with Crippen LogP contribution in [0.25, 0.3) is 0 Å². The van der Waals surface area contributed by atoms with E-state index in [4.69, 9.17) is 4.74 Å². The fraction of sp³-hybridized carbons (Fsp3) is 0.438. The van der Waals surface area contributed by atoms with Gasteiger partial charge in [-0.3, -0.25) is 4.79 Å². The van der Waals surface area contributed by atoms with Gasteiger partial charge in [0.1, 0.15) is 5.75 Å². The van der Waals surface area contributed by atoms with Gasteiger partial charge in [-0.25, -0.2) is 9.59 Å². The van der Waals surface area contributed by atoms with E-state index in [0.29, 0.717) is 0 Å². The number of esters is 2. The van der Waals surface area contributed by atoms with E-state index >= 15 is 0 Å². The number of hydrogen-bond donors (Lipinski definition) is 0. The van der Waals surface area contributed by atoms with E-state index in [-0.39, 0.29) is 28.9 Å². The molecule has 23 heavy (non-hydrogen) atoms. The first kappa shape index (κ1) is 20.6. The lowest BCUT2D eigenvalue weighted by Gasteiger charge is -2.14. The third-order valence-corrected chi connectivity index (χ3v) is 2.60. The standard InChI is InChI=1S/C11H10O6.C5H12O/c1-15-10(13)8-4-3-7(17-6-12)5-9(8)11(14)16-2;1-5(2,3)6-4/h3-6H,1-2H3;1-4H3. The highest BCUT2D eigenvalue weighted by molar-refractivity contribution is 6.03. The molecule has 128 valence electrons. The van der Waals surface area contributed by atoms with Gasteiger partial charge in [-0.2, -0.15) is 0 Å². The molecule has 0 aliphatic rings. The van der Waals surface area contributed by atoms with Crippen molar-refractivity contribution in [1.29, 1.82) is 0 Å². The van der Waals surface area contributed by atoms with Crippen molar-refractivity contribution in [1.82, 2.24) is 0 Å². The maximum atomic E-state index is 11.4. The lowest BCUT2D eigenvalue weighted by atomic mass is 10.1. The van der Waals surface area contributed by atoms with Crippen LogP contribution in [0.2, 0.25) is 0 Å². The van der Waals surface area contributed by atoms with E-state index in [1.54, 1.807) is 7.11 Å². The molecule has 7 nitrogen and oxygen atoms in total. The Bertz CT molecular complexity index is 544. The third kappa shape index (κ3) is 7.42. The number of carbonyl (C=O) groups is 3. The maximum absolute atomic E-state index is 11.4. The monoisotopic (exact) mass is 326 g/mol. The van der Waals surface area contributed by atoms with E-state index in [1.807, 2.05) is 20.8 Å². The van der Waals surface area contributed by atoms with Gasteiger partial charge in [-0.15, -0.1) is 0 Å². The van der Waals surface area contributed by atoms with Gasteiger partial charge in [-0.05, 0) is 39.0 Å². The van der Waals surface area contributed by atoms with E-state index in [2.05, 4.69) is 14.2 Å². The molecule has 0 aromatic heterocycles. The summed E-state index contributed by atoms with van der Waals surface area (Å²) in [7, 11) is 4.08. The Balaban J connectivity index is 0.000000688. The molecule has 0 fully saturated rings. The molecular formula is C16H22O7. The summed E-state index contributed by atoms with van der Waals surface area (Å²) in [4.78, 5) is 33.0. The molecule has 0 atom stereocenters. The van der Waals surface area contributed by atoms with Gasteiger partial charge in [0.05, 0.1) is 30.9 Å². The van der Waals surface area contributed by atoms with Crippen LogP contribution < -0.4 is 4.74 Å². The van der Waals surface area contributed by atoms with E-state index in [1.165, 1.54) is 32.4 Å².